The summed E-state index contributed by atoms with van der Waals surface area (Å²) in [4.78, 5) is 4.30. The van der Waals surface area contributed by atoms with Gasteiger partial charge in [0, 0.05) is 18.1 Å². The van der Waals surface area contributed by atoms with Gasteiger partial charge in [0.2, 0.25) is 0 Å². The van der Waals surface area contributed by atoms with Crippen LogP contribution in [0.5, 0.6) is 0 Å². The molecule has 0 amide bonds. The molecule has 0 aliphatic carbocycles. The quantitative estimate of drug-likeness (QED) is 0.886. The van der Waals surface area contributed by atoms with E-state index < -0.39 is 0 Å². The molecule has 0 radical (unpaired) electrons. The van der Waals surface area contributed by atoms with E-state index in [0.717, 1.165) is 24.1 Å². The van der Waals surface area contributed by atoms with Crippen molar-refractivity contribution in [2.24, 2.45) is 0 Å². The largest absolute Gasteiger partial charge is 0.313 e. The second-order valence-electron chi connectivity index (χ2n) is 4.03. The number of hydrogen-bond acceptors (Lipinski definition) is 3. The van der Waals surface area contributed by atoms with Crippen LogP contribution in [0.15, 0.2) is 12.4 Å². The van der Waals surface area contributed by atoms with E-state index >= 15 is 0 Å². The summed E-state index contributed by atoms with van der Waals surface area (Å²) in [6, 6.07) is 0. The molecule has 0 fully saturated rings. The molecule has 0 aromatic carbocycles. The van der Waals surface area contributed by atoms with Gasteiger partial charge in [-0.3, -0.25) is 5.10 Å². The average molecular weight is 264 g/mol. The second-order valence-corrected chi connectivity index (χ2v) is 4.03. The summed E-state index contributed by atoms with van der Waals surface area (Å²) in [5.74, 6) is 0. The first-order valence-corrected chi connectivity index (χ1v) is 7.22. The fraction of sp³-hybridized carbons (Fsp3) is 0.600. The highest BCUT2D eigenvalue weighted by Crippen LogP contribution is 2.16. The summed E-state index contributed by atoms with van der Waals surface area (Å²) in [6.07, 6.45) is 4.98. The zero-order chi connectivity index (χ0) is 14.7. The Kier molecular flexibility index (Phi) is 9.71. The van der Waals surface area contributed by atoms with Crippen LogP contribution in [0, 0.1) is 6.92 Å². The fourth-order valence-electron chi connectivity index (χ4n) is 1.50. The van der Waals surface area contributed by atoms with Gasteiger partial charge in [0.05, 0.1) is 6.20 Å². The molecule has 4 heteroatoms. The van der Waals surface area contributed by atoms with Crippen molar-refractivity contribution >= 4 is 11.0 Å². The van der Waals surface area contributed by atoms with E-state index in [2.05, 4.69) is 48.2 Å². The number of aromatic nitrogens is 3. The van der Waals surface area contributed by atoms with Crippen molar-refractivity contribution in [1.82, 2.24) is 20.5 Å². The third kappa shape index (κ3) is 5.39. The third-order valence-corrected chi connectivity index (χ3v) is 2.42. The Morgan fingerprint density at radius 3 is 2.37 bits per heavy atom. The van der Waals surface area contributed by atoms with E-state index in [0.29, 0.717) is 0 Å². The standard InChI is InChI=1S/C10H14N4.C3H8.C2H6/c1-3-11-4-8-5-12-10-9(7(8)2)6-13-14-10;1-3-2;1-2/h5-6,11H,3-4H2,1-2H3,(H,12,13,14);3H2,1-2H3;1-2H3. The van der Waals surface area contributed by atoms with Gasteiger partial charge < -0.3 is 5.32 Å². The second kappa shape index (κ2) is 10.5. The monoisotopic (exact) mass is 264 g/mol. The first-order chi connectivity index (χ1) is 9.24. The topological polar surface area (TPSA) is 53.6 Å². The fourth-order valence-corrected chi connectivity index (χ4v) is 1.50. The Morgan fingerprint density at radius 2 is 1.79 bits per heavy atom. The van der Waals surface area contributed by atoms with Crippen LogP contribution in [0.3, 0.4) is 0 Å². The Bertz CT molecular complexity index is 448. The van der Waals surface area contributed by atoms with Crippen LogP contribution in [0.25, 0.3) is 11.0 Å². The lowest BCUT2D eigenvalue weighted by molar-refractivity contribution is 0.722. The molecule has 0 atom stereocenters. The van der Waals surface area contributed by atoms with E-state index in [9.17, 15) is 0 Å². The Balaban J connectivity index is 0.000000573. The molecule has 0 saturated heterocycles. The van der Waals surface area contributed by atoms with Gasteiger partial charge in [0.1, 0.15) is 0 Å². The van der Waals surface area contributed by atoms with E-state index in [1.807, 2.05) is 26.2 Å². The Hall–Kier alpha value is -1.42. The molecular formula is C15H28N4. The highest BCUT2D eigenvalue weighted by molar-refractivity contribution is 5.78. The van der Waals surface area contributed by atoms with Crippen LogP contribution in [-0.2, 0) is 6.54 Å². The maximum absolute atomic E-state index is 4.30. The summed E-state index contributed by atoms with van der Waals surface area (Å²) in [5, 5.41) is 11.2. The van der Waals surface area contributed by atoms with Gasteiger partial charge in [-0.05, 0) is 24.6 Å². The number of aromatic amines is 1. The molecule has 0 bridgehead atoms. The first kappa shape index (κ1) is 17.6. The van der Waals surface area contributed by atoms with Crippen molar-refractivity contribution in [2.45, 2.75) is 54.5 Å². The number of nitrogens with zero attached hydrogens (tertiary/aromatic N) is 2. The zero-order valence-electron chi connectivity index (χ0n) is 13.2. The summed E-state index contributed by atoms with van der Waals surface area (Å²) in [5.41, 5.74) is 3.35. The average Bonchev–Trinajstić information content (AvgIpc) is 2.91. The molecule has 0 spiro atoms. The smallest absolute Gasteiger partial charge is 0.155 e. The Labute approximate surface area is 117 Å². The molecular weight excluding hydrogens is 236 g/mol. The number of aryl methyl sites for hydroxylation is 1. The van der Waals surface area contributed by atoms with Crippen molar-refractivity contribution in [3.8, 4) is 0 Å². The molecule has 0 aliphatic heterocycles. The molecule has 0 aliphatic rings. The summed E-state index contributed by atoms with van der Waals surface area (Å²) < 4.78 is 0. The normalized spacial score (nSPS) is 9.37. The highest BCUT2D eigenvalue weighted by atomic mass is 15.1. The van der Waals surface area contributed by atoms with Crippen molar-refractivity contribution < 1.29 is 0 Å². The number of hydrogen-bond donors (Lipinski definition) is 2. The molecule has 2 rings (SSSR count). The predicted molar refractivity (Wildman–Crippen MR) is 83.3 cm³/mol. The van der Waals surface area contributed by atoms with Gasteiger partial charge in [0.25, 0.3) is 0 Å². The lowest BCUT2D eigenvalue weighted by atomic mass is 10.1. The molecule has 2 aromatic heterocycles. The van der Waals surface area contributed by atoms with Gasteiger partial charge in [-0.15, -0.1) is 0 Å². The van der Waals surface area contributed by atoms with Crippen molar-refractivity contribution in [1.29, 1.82) is 0 Å². The molecule has 2 aromatic rings. The van der Waals surface area contributed by atoms with Gasteiger partial charge in [-0.1, -0.05) is 41.0 Å². The maximum atomic E-state index is 4.30. The van der Waals surface area contributed by atoms with E-state index in [1.165, 1.54) is 17.5 Å². The highest BCUT2D eigenvalue weighted by Gasteiger charge is 2.05. The van der Waals surface area contributed by atoms with Gasteiger partial charge >= 0.3 is 0 Å². The van der Waals surface area contributed by atoms with Crippen LogP contribution in [0.4, 0.5) is 0 Å². The summed E-state index contributed by atoms with van der Waals surface area (Å²) in [6.45, 7) is 14.3. The van der Waals surface area contributed by atoms with E-state index in [4.69, 9.17) is 0 Å². The van der Waals surface area contributed by atoms with E-state index in [-0.39, 0.29) is 0 Å². The van der Waals surface area contributed by atoms with Crippen molar-refractivity contribution in [3.63, 3.8) is 0 Å². The third-order valence-electron chi connectivity index (χ3n) is 2.42. The summed E-state index contributed by atoms with van der Waals surface area (Å²) in [7, 11) is 0. The lowest BCUT2D eigenvalue weighted by Gasteiger charge is -2.05. The number of H-pyrrole nitrogens is 1. The molecule has 0 unspecified atom stereocenters. The summed E-state index contributed by atoms with van der Waals surface area (Å²) >= 11 is 0. The van der Waals surface area contributed by atoms with Crippen LogP contribution < -0.4 is 5.32 Å². The molecule has 2 N–H and O–H groups in total. The predicted octanol–water partition coefficient (Wildman–Crippen LogP) is 3.82. The van der Waals surface area contributed by atoms with Crippen LogP contribution in [0.2, 0.25) is 0 Å². The maximum Gasteiger partial charge on any atom is 0.155 e. The molecule has 108 valence electrons. The van der Waals surface area contributed by atoms with Crippen LogP contribution in [-0.4, -0.2) is 21.7 Å². The van der Waals surface area contributed by atoms with Crippen LogP contribution in [0.1, 0.15) is 52.2 Å². The van der Waals surface area contributed by atoms with Crippen molar-refractivity contribution in [3.05, 3.63) is 23.5 Å². The van der Waals surface area contributed by atoms with Crippen LogP contribution >= 0.6 is 0 Å². The zero-order valence-corrected chi connectivity index (χ0v) is 13.2. The van der Waals surface area contributed by atoms with Gasteiger partial charge in [0.15, 0.2) is 5.65 Å². The van der Waals surface area contributed by atoms with Gasteiger partial charge in [-0.25, -0.2) is 4.98 Å². The lowest BCUT2D eigenvalue weighted by Crippen LogP contribution is -2.12. The molecule has 0 saturated carbocycles. The first-order valence-electron chi connectivity index (χ1n) is 7.22. The minimum Gasteiger partial charge on any atom is -0.313 e. The number of rotatable bonds is 3. The molecule has 4 nitrogen and oxygen atoms in total. The van der Waals surface area contributed by atoms with Gasteiger partial charge in [-0.2, -0.15) is 5.10 Å². The molecule has 19 heavy (non-hydrogen) atoms. The molecule has 2 heterocycles. The SMILES string of the molecule is CC.CCC.CCNCc1cnc2[nH]ncc2c1C. The number of pyridine rings is 1. The Morgan fingerprint density at radius 1 is 1.16 bits per heavy atom. The minimum absolute atomic E-state index is 0.864. The number of nitrogens with one attached hydrogen (secondary N) is 2. The van der Waals surface area contributed by atoms with E-state index in [1.54, 1.807) is 0 Å². The number of fused-ring (bicyclic) bond motifs is 1. The van der Waals surface area contributed by atoms with Crippen molar-refractivity contribution in [2.75, 3.05) is 6.54 Å². The minimum atomic E-state index is 0.864.